The summed E-state index contributed by atoms with van der Waals surface area (Å²) in [5.41, 5.74) is 3.58. The number of para-hydroxylation sites is 1. The average molecular weight is 225 g/mol. The highest BCUT2D eigenvalue weighted by molar-refractivity contribution is 5.60. The standard InChI is InChI=1S/C15H15NO/c17-10-13-12-8-4-5-9-14(12)16-15(13)11-6-2-1-3-7-11/h1-9,13,15-17H,10H2/t13-,15-/m0/s1. The molecule has 0 amide bonds. The van der Waals surface area contributed by atoms with Crippen molar-refractivity contribution < 1.29 is 5.11 Å². The first-order valence-electron chi connectivity index (χ1n) is 5.91. The second kappa shape index (κ2) is 4.22. The molecule has 1 aliphatic rings. The predicted octanol–water partition coefficient (Wildman–Crippen LogP) is 2.93. The summed E-state index contributed by atoms with van der Waals surface area (Å²) in [5, 5.41) is 13.1. The van der Waals surface area contributed by atoms with Crippen LogP contribution in [0.25, 0.3) is 0 Å². The fourth-order valence-electron chi connectivity index (χ4n) is 2.58. The van der Waals surface area contributed by atoms with Gasteiger partial charge in [0.2, 0.25) is 0 Å². The molecule has 2 atom stereocenters. The summed E-state index contributed by atoms with van der Waals surface area (Å²) in [6.45, 7) is 0.170. The number of hydrogen-bond acceptors (Lipinski definition) is 2. The van der Waals surface area contributed by atoms with Gasteiger partial charge in [-0.1, -0.05) is 48.5 Å². The van der Waals surface area contributed by atoms with Gasteiger partial charge in [0.25, 0.3) is 0 Å². The van der Waals surface area contributed by atoms with Crippen LogP contribution in [0, 0.1) is 0 Å². The Morgan fingerprint density at radius 3 is 2.41 bits per heavy atom. The smallest absolute Gasteiger partial charge is 0.0605 e. The Labute approximate surface area is 101 Å². The minimum absolute atomic E-state index is 0.147. The molecule has 1 aliphatic heterocycles. The molecule has 17 heavy (non-hydrogen) atoms. The van der Waals surface area contributed by atoms with E-state index in [1.54, 1.807) is 0 Å². The van der Waals surface area contributed by atoms with Crippen molar-refractivity contribution in [1.29, 1.82) is 0 Å². The van der Waals surface area contributed by atoms with Crippen LogP contribution >= 0.6 is 0 Å². The van der Waals surface area contributed by atoms with Gasteiger partial charge in [-0.15, -0.1) is 0 Å². The lowest BCUT2D eigenvalue weighted by Crippen LogP contribution is -2.14. The molecule has 0 fully saturated rings. The molecule has 0 aliphatic carbocycles. The largest absolute Gasteiger partial charge is 0.396 e. The Hall–Kier alpha value is -1.80. The van der Waals surface area contributed by atoms with Crippen molar-refractivity contribution in [1.82, 2.24) is 0 Å². The van der Waals surface area contributed by atoms with Gasteiger partial charge in [-0.25, -0.2) is 0 Å². The van der Waals surface area contributed by atoms with Crippen molar-refractivity contribution >= 4 is 5.69 Å². The topological polar surface area (TPSA) is 32.3 Å². The van der Waals surface area contributed by atoms with Crippen molar-refractivity contribution in [2.75, 3.05) is 11.9 Å². The molecule has 2 aromatic rings. The maximum Gasteiger partial charge on any atom is 0.0605 e. The van der Waals surface area contributed by atoms with E-state index in [1.807, 2.05) is 30.3 Å². The highest BCUT2D eigenvalue weighted by atomic mass is 16.3. The molecule has 2 N–H and O–H groups in total. The zero-order chi connectivity index (χ0) is 11.7. The first-order chi connectivity index (χ1) is 8.40. The number of aliphatic hydroxyl groups excluding tert-OH is 1. The van der Waals surface area contributed by atoms with Crippen molar-refractivity contribution in [3.8, 4) is 0 Å². The van der Waals surface area contributed by atoms with E-state index in [1.165, 1.54) is 11.1 Å². The summed E-state index contributed by atoms with van der Waals surface area (Å²) < 4.78 is 0. The molecular weight excluding hydrogens is 210 g/mol. The van der Waals surface area contributed by atoms with Gasteiger partial charge < -0.3 is 10.4 Å². The lowest BCUT2D eigenvalue weighted by atomic mass is 9.91. The second-order valence-electron chi connectivity index (χ2n) is 4.41. The first-order valence-corrected chi connectivity index (χ1v) is 5.91. The summed E-state index contributed by atoms with van der Waals surface area (Å²) >= 11 is 0. The molecule has 0 aromatic heterocycles. The zero-order valence-corrected chi connectivity index (χ0v) is 9.51. The molecule has 3 rings (SSSR count). The average Bonchev–Trinajstić information content (AvgIpc) is 2.78. The molecule has 86 valence electrons. The summed E-state index contributed by atoms with van der Waals surface area (Å²) in [7, 11) is 0. The van der Waals surface area contributed by atoms with E-state index in [2.05, 4.69) is 29.6 Å². The van der Waals surface area contributed by atoms with Crippen molar-refractivity contribution in [2.45, 2.75) is 12.0 Å². The van der Waals surface area contributed by atoms with Crippen molar-refractivity contribution in [3.63, 3.8) is 0 Å². The number of rotatable bonds is 2. The van der Waals surface area contributed by atoms with Crippen LogP contribution in [-0.4, -0.2) is 11.7 Å². The molecule has 0 spiro atoms. The number of aliphatic hydroxyl groups is 1. The number of hydrogen-bond donors (Lipinski definition) is 2. The Morgan fingerprint density at radius 2 is 1.65 bits per heavy atom. The molecule has 2 heteroatoms. The third kappa shape index (κ3) is 1.71. The minimum Gasteiger partial charge on any atom is -0.396 e. The van der Waals surface area contributed by atoms with Crippen LogP contribution in [0.4, 0.5) is 5.69 Å². The van der Waals surface area contributed by atoms with E-state index in [0.29, 0.717) is 0 Å². The van der Waals surface area contributed by atoms with Gasteiger partial charge in [-0.05, 0) is 17.2 Å². The Morgan fingerprint density at radius 1 is 0.941 bits per heavy atom. The minimum atomic E-state index is 0.147. The molecule has 0 saturated heterocycles. The van der Waals surface area contributed by atoms with Crippen LogP contribution < -0.4 is 5.32 Å². The molecule has 1 heterocycles. The Kier molecular flexibility index (Phi) is 2.57. The molecular formula is C15H15NO. The lowest BCUT2D eigenvalue weighted by molar-refractivity contribution is 0.258. The van der Waals surface area contributed by atoms with Crippen molar-refractivity contribution in [2.24, 2.45) is 0 Å². The fraction of sp³-hybridized carbons (Fsp3) is 0.200. The van der Waals surface area contributed by atoms with E-state index in [4.69, 9.17) is 0 Å². The zero-order valence-electron chi connectivity index (χ0n) is 9.51. The molecule has 0 radical (unpaired) electrons. The quantitative estimate of drug-likeness (QED) is 0.823. The number of fused-ring (bicyclic) bond motifs is 1. The summed E-state index contributed by atoms with van der Waals surface area (Å²) in [4.78, 5) is 0. The van der Waals surface area contributed by atoms with Gasteiger partial charge in [0.1, 0.15) is 0 Å². The highest BCUT2D eigenvalue weighted by Crippen LogP contribution is 2.43. The van der Waals surface area contributed by atoms with Crippen LogP contribution in [-0.2, 0) is 0 Å². The van der Waals surface area contributed by atoms with Gasteiger partial charge in [0.05, 0.1) is 12.6 Å². The van der Waals surface area contributed by atoms with Crippen LogP contribution in [0.5, 0.6) is 0 Å². The summed E-state index contributed by atoms with van der Waals surface area (Å²) in [6.07, 6.45) is 0. The third-order valence-electron chi connectivity index (χ3n) is 3.43. The normalized spacial score (nSPS) is 21.9. The lowest BCUT2D eigenvalue weighted by Gasteiger charge is -2.18. The maximum atomic E-state index is 9.60. The fourth-order valence-corrected chi connectivity index (χ4v) is 2.58. The molecule has 2 aromatic carbocycles. The van der Waals surface area contributed by atoms with Crippen LogP contribution in [0.1, 0.15) is 23.1 Å². The molecule has 2 nitrogen and oxygen atoms in total. The van der Waals surface area contributed by atoms with Crippen molar-refractivity contribution in [3.05, 3.63) is 65.7 Å². The van der Waals surface area contributed by atoms with E-state index in [9.17, 15) is 5.11 Å². The summed E-state index contributed by atoms with van der Waals surface area (Å²) in [5.74, 6) is 0.147. The van der Waals surface area contributed by atoms with Gasteiger partial charge in [0, 0.05) is 11.6 Å². The van der Waals surface area contributed by atoms with Gasteiger partial charge in [-0.2, -0.15) is 0 Å². The highest BCUT2D eigenvalue weighted by Gasteiger charge is 2.31. The van der Waals surface area contributed by atoms with E-state index in [0.717, 1.165) is 5.69 Å². The summed E-state index contributed by atoms with van der Waals surface area (Å²) in [6, 6.07) is 18.7. The number of nitrogens with one attached hydrogen (secondary N) is 1. The first kappa shape index (κ1) is 10.4. The van der Waals surface area contributed by atoms with Crippen LogP contribution in [0.3, 0.4) is 0 Å². The maximum absolute atomic E-state index is 9.60. The monoisotopic (exact) mass is 225 g/mol. The van der Waals surface area contributed by atoms with Crippen LogP contribution in [0.2, 0.25) is 0 Å². The van der Waals surface area contributed by atoms with E-state index < -0.39 is 0 Å². The predicted molar refractivity (Wildman–Crippen MR) is 69.1 cm³/mol. The molecule has 0 bridgehead atoms. The van der Waals surface area contributed by atoms with Gasteiger partial charge in [-0.3, -0.25) is 0 Å². The van der Waals surface area contributed by atoms with Gasteiger partial charge in [0.15, 0.2) is 0 Å². The third-order valence-corrected chi connectivity index (χ3v) is 3.43. The Balaban J connectivity index is 2.00. The molecule has 0 unspecified atom stereocenters. The van der Waals surface area contributed by atoms with E-state index >= 15 is 0 Å². The molecule has 0 saturated carbocycles. The van der Waals surface area contributed by atoms with E-state index in [-0.39, 0.29) is 18.6 Å². The SMILES string of the molecule is OC[C@H]1c2ccccc2N[C@H]1c1ccccc1. The number of anilines is 1. The Bertz CT molecular complexity index is 509. The van der Waals surface area contributed by atoms with Crippen LogP contribution in [0.15, 0.2) is 54.6 Å². The van der Waals surface area contributed by atoms with Gasteiger partial charge >= 0.3 is 0 Å². The number of benzene rings is 2. The second-order valence-corrected chi connectivity index (χ2v) is 4.41.